The maximum atomic E-state index is 3.53. The Morgan fingerprint density at radius 1 is 1.17 bits per heavy atom. The second-order valence-electron chi connectivity index (χ2n) is 5.35. The predicted octanol–water partition coefficient (Wildman–Crippen LogP) is 2.70. The first-order valence-electron chi connectivity index (χ1n) is 6.83. The minimum Gasteiger partial charge on any atom is -0.368 e. The Labute approximate surface area is 108 Å². The molecule has 0 radical (unpaired) electrons. The van der Waals surface area contributed by atoms with Crippen molar-refractivity contribution < 1.29 is 0 Å². The van der Waals surface area contributed by atoms with Gasteiger partial charge in [0.1, 0.15) is 0 Å². The number of hydrogen-bond donors (Lipinski definition) is 2. The van der Waals surface area contributed by atoms with E-state index >= 15 is 0 Å². The van der Waals surface area contributed by atoms with E-state index in [2.05, 4.69) is 53.3 Å². The molecule has 0 bridgehead atoms. The number of anilines is 1. The molecule has 1 aliphatic rings. The van der Waals surface area contributed by atoms with Crippen LogP contribution in [-0.4, -0.2) is 31.2 Å². The van der Waals surface area contributed by atoms with E-state index in [-0.39, 0.29) is 0 Å². The van der Waals surface area contributed by atoms with Crippen molar-refractivity contribution in [3.05, 3.63) is 30.0 Å². The molecule has 1 aromatic heterocycles. The van der Waals surface area contributed by atoms with Crippen molar-refractivity contribution in [2.24, 2.45) is 0 Å². The van der Waals surface area contributed by atoms with Crippen molar-refractivity contribution in [1.29, 1.82) is 0 Å². The lowest BCUT2D eigenvalue weighted by atomic mass is 10.1. The van der Waals surface area contributed by atoms with Crippen LogP contribution in [0.3, 0.4) is 0 Å². The smallest absolute Gasteiger partial charge is 0.0477 e. The van der Waals surface area contributed by atoms with Gasteiger partial charge in [-0.3, -0.25) is 0 Å². The molecule has 0 aliphatic carbocycles. The van der Waals surface area contributed by atoms with Crippen molar-refractivity contribution in [3.8, 4) is 0 Å². The number of hydrogen-bond acceptors (Lipinski definition) is 2. The molecular weight excluding hydrogens is 222 g/mol. The van der Waals surface area contributed by atoms with E-state index in [1.54, 1.807) is 0 Å². The largest absolute Gasteiger partial charge is 0.368 e. The number of piperazine rings is 1. The third-order valence-corrected chi connectivity index (χ3v) is 3.74. The van der Waals surface area contributed by atoms with Crippen molar-refractivity contribution in [2.45, 2.75) is 19.8 Å². The summed E-state index contributed by atoms with van der Waals surface area (Å²) in [5.41, 5.74) is 3.96. The molecule has 1 saturated heterocycles. The molecule has 0 atom stereocenters. The Bertz CT molecular complexity index is 536. The topological polar surface area (TPSA) is 31.1 Å². The Hall–Kier alpha value is -1.48. The quantitative estimate of drug-likeness (QED) is 0.849. The summed E-state index contributed by atoms with van der Waals surface area (Å²) in [7, 11) is 0. The highest BCUT2D eigenvalue weighted by Crippen LogP contribution is 2.29. The van der Waals surface area contributed by atoms with Crippen LogP contribution in [0, 0.1) is 0 Å². The van der Waals surface area contributed by atoms with E-state index in [1.165, 1.54) is 22.3 Å². The van der Waals surface area contributed by atoms with Gasteiger partial charge in [0.05, 0.1) is 0 Å². The van der Waals surface area contributed by atoms with Gasteiger partial charge in [0.2, 0.25) is 0 Å². The molecule has 1 aromatic carbocycles. The van der Waals surface area contributed by atoms with Gasteiger partial charge in [-0.25, -0.2) is 0 Å². The Morgan fingerprint density at radius 2 is 1.94 bits per heavy atom. The van der Waals surface area contributed by atoms with E-state index in [0.29, 0.717) is 5.92 Å². The van der Waals surface area contributed by atoms with Gasteiger partial charge in [-0.05, 0) is 24.1 Å². The Balaban J connectivity index is 2.05. The summed E-state index contributed by atoms with van der Waals surface area (Å²) in [4.78, 5) is 6.02. The van der Waals surface area contributed by atoms with Crippen LogP contribution in [0.15, 0.2) is 24.3 Å². The van der Waals surface area contributed by atoms with E-state index in [4.69, 9.17) is 0 Å². The minimum absolute atomic E-state index is 0.549. The van der Waals surface area contributed by atoms with Crippen molar-refractivity contribution in [3.63, 3.8) is 0 Å². The fraction of sp³-hybridized carbons (Fsp3) is 0.467. The van der Waals surface area contributed by atoms with Crippen LogP contribution in [0.4, 0.5) is 5.69 Å². The summed E-state index contributed by atoms with van der Waals surface area (Å²) >= 11 is 0. The zero-order valence-corrected chi connectivity index (χ0v) is 11.2. The molecule has 2 N–H and O–H groups in total. The number of H-pyrrole nitrogens is 1. The highest BCUT2D eigenvalue weighted by atomic mass is 15.2. The maximum absolute atomic E-state index is 3.53. The summed E-state index contributed by atoms with van der Waals surface area (Å²) in [5.74, 6) is 0.549. The number of benzene rings is 1. The molecule has 96 valence electrons. The standard InChI is InChI=1S/C15H21N3/c1-11(2)14-10-12-13(17-14)4-3-5-15(12)18-8-6-16-7-9-18/h3-5,10-11,16-17H,6-9H2,1-2H3. The van der Waals surface area contributed by atoms with Crippen LogP contribution >= 0.6 is 0 Å². The average molecular weight is 243 g/mol. The first-order chi connectivity index (χ1) is 8.75. The summed E-state index contributed by atoms with van der Waals surface area (Å²) < 4.78 is 0. The zero-order valence-electron chi connectivity index (χ0n) is 11.2. The highest BCUT2D eigenvalue weighted by molar-refractivity contribution is 5.93. The number of aromatic amines is 1. The van der Waals surface area contributed by atoms with Gasteiger partial charge >= 0.3 is 0 Å². The minimum atomic E-state index is 0.549. The van der Waals surface area contributed by atoms with Crippen LogP contribution in [0.25, 0.3) is 10.9 Å². The van der Waals surface area contributed by atoms with Crippen LogP contribution in [0.1, 0.15) is 25.5 Å². The van der Waals surface area contributed by atoms with Gasteiger partial charge in [-0.15, -0.1) is 0 Å². The van der Waals surface area contributed by atoms with Gasteiger partial charge in [0.25, 0.3) is 0 Å². The van der Waals surface area contributed by atoms with E-state index < -0.39 is 0 Å². The van der Waals surface area contributed by atoms with Crippen molar-refractivity contribution >= 4 is 16.6 Å². The molecule has 0 saturated carbocycles. The molecule has 0 amide bonds. The molecule has 2 aromatic rings. The molecule has 0 spiro atoms. The van der Waals surface area contributed by atoms with Gasteiger partial charge in [0.15, 0.2) is 0 Å². The van der Waals surface area contributed by atoms with E-state index in [1.807, 2.05) is 0 Å². The number of rotatable bonds is 2. The second-order valence-corrected chi connectivity index (χ2v) is 5.35. The number of aromatic nitrogens is 1. The van der Waals surface area contributed by atoms with Gasteiger partial charge in [0, 0.05) is 48.5 Å². The van der Waals surface area contributed by atoms with Gasteiger partial charge in [-0.1, -0.05) is 19.9 Å². The van der Waals surface area contributed by atoms with Crippen molar-refractivity contribution in [1.82, 2.24) is 10.3 Å². The van der Waals surface area contributed by atoms with Crippen LogP contribution < -0.4 is 10.2 Å². The number of fused-ring (bicyclic) bond motifs is 1. The fourth-order valence-electron chi connectivity index (χ4n) is 2.65. The summed E-state index contributed by atoms with van der Waals surface area (Å²) in [6.45, 7) is 8.82. The summed E-state index contributed by atoms with van der Waals surface area (Å²) in [6.07, 6.45) is 0. The summed E-state index contributed by atoms with van der Waals surface area (Å²) in [5, 5.41) is 4.77. The second kappa shape index (κ2) is 4.65. The Morgan fingerprint density at radius 3 is 2.67 bits per heavy atom. The molecule has 3 heteroatoms. The normalized spacial score (nSPS) is 16.7. The monoisotopic (exact) mass is 243 g/mol. The lowest BCUT2D eigenvalue weighted by molar-refractivity contribution is 0.590. The molecule has 2 heterocycles. The number of nitrogens with one attached hydrogen (secondary N) is 2. The SMILES string of the molecule is CC(C)c1cc2c(N3CCNCC3)cccc2[nH]1. The lowest BCUT2D eigenvalue weighted by Crippen LogP contribution is -2.43. The zero-order chi connectivity index (χ0) is 12.5. The lowest BCUT2D eigenvalue weighted by Gasteiger charge is -2.30. The van der Waals surface area contributed by atoms with Gasteiger partial charge < -0.3 is 15.2 Å². The highest BCUT2D eigenvalue weighted by Gasteiger charge is 2.14. The number of nitrogens with zero attached hydrogens (tertiary/aromatic N) is 1. The molecule has 3 nitrogen and oxygen atoms in total. The fourth-order valence-corrected chi connectivity index (χ4v) is 2.65. The van der Waals surface area contributed by atoms with Crippen LogP contribution in [0.2, 0.25) is 0 Å². The Kier molecular flexibility index (Phi) is 3.00. The maximum Gasteiger partial charge on any atom is 0.0477 e. The van der Waals surface area contributed by atoms with Crippen LogP contribution in [0.5, 0.6) is 0 Å². The molecule has 18 heavy (non-hydrogen) atoms. The van der Waals surface area contributed by atoms with Crippen molar-refractivity contribution in [2.75, 3.05) is 31.1 Å². The molecule has 0 unspecified atom stereocenters. The summed E-state index contributed by atoms with van der Waals surface area (Å²) in [6, 6.07) is 8.89. The van der Waals surface area contributed by atoms with E-state index in [9.17, 15) is 0 Å². The van der Waals surface area contributed by atoms with Crippen LogP contribution in [-0.2, 0) is 0 Å². The predicted molar refractivity (Wildman–Crippen MR) is 77.5 cm³/mol. The molecule has 3 rings (SSSR count). The molecular formula is C15H21N3. The van der Waals surface area contributed by atoms with Gasteiger partial charge in [-0.2, -0.15) is 0 Å². The first-order valence-corrected chi connectivity index (χ1v) is 6.83. The molecule has 1 aliphatic heterocycles. The first kappa shape index (κ1) is 11.6. The average Bonchev–Trinajstić information content (AvgIpc) is 2.83. The third-order valence-electron chi connectivity index (χ3n) is 3.74. The van der Waals surface area contributed by atoms with E-state index in [0.717, 1.165) is 26.2 Å². The third kappa shape index (κ3) is 1.99. The molecule has 1 fully saturated rings.